The largest absolute Gasteiger partial charge is 0.385 e. The fraction of sp³-hybridized carbons (Fsp3) is 1.00. The number of methoxy groups -OCH3 is 1. The molecule has 1 unspecified atom stereocenters. The Bertz CT molecular complexity index is 65.4. The van der Waals surface area contributed by atoms with Crippen molar-refractivity contribution >= 4 is 0 Å². The maximum absolute atomic E-state index is 9.71. The van der Waals surface area contributed by atoms with Crippen LogP contribution in [-0.4, -0.2) is 19.8 Å². The molecule has 0 saturated carbocycles. The molecule has 0 aliphatic carbocycles. The van der Waals surface area contributed by atoms with Crippen molar-refractivity contribution in [3.05, 3.63) is 4.91 Å². The highest BCUT2D eigenvalue weighted by Gasteiger charge is 1.96. The summed E-state index contributed by atoms with van der Waals surface area (Å²) in [6.45, 7) is 2.39. The molecule has 3 nitrogen and oxygen atoms in total. The fourth-order valence-corrected chi connectivity index (χ4v) is 0.341. The maximum atomic E-state index is 9.71. The fourth-order valence-electron chi connectivity index (χ4n) is 0.341. The molecule has 0 fully saturated rings. The summed E-state index contributed by atoms with van der Waals surface area (Å²) >= 11 is 0. The zero-order valence-electron chi connectivity index (χ0n) is 5.26. The molecular weight excluding hydrogens is 106 g/mol. The summed E-state index contributed by atoms with van der Waals surface area (Å²) in [6, 6.07) is -0.102. The van der Waals surface area contributed by atoms with E-state index in [4.69, 9.17) is 4.74 Å². The molecule has 0 radical (unpaired) electrons. The van der Waals surface area contributed by atoms with E-state index in [0.29, 0.717) is 6.61 Å². The second-order valence-electron chi connectivity index (χ2n) is 1.74. The Labute approximate surface area is 49.0 Å². The van der Waals surface area contributed by atoms with E-state index in [1.165, 1.54) is 0 Å². The van der Waals surface area contributed by atoms with Crippen molar-refractivity contribution in [1.29, 1.82) is 0 Å². The van der Waals surface area contributed by atoms with Crippen LogP contribution in [0.15, 0.2) is 5.18 Å². The summed E-state index contributed by atoms with van der Waals surface area (Å²) in [6.07, 6.45) is 0.722. The minimum absolute atomic E-state index is 0.102. The average molecular weight is 117 g/mol. The summed E-state index contributed by atoms with van der Waals surface area (Å²) in [7, 11) is 1.61. The van der Waals surface area contributed by atoms with Crippen LogP contribution < -0.4 is 0 Å². The first-order valence-electron chi connectivity index (χ1n) is 2.62. The minimum atomic E-state index is -0.102. The molecule has 0 spiro atoms. The molecule has 0 bridgehead atoms. The molecule has 0 aliphatic heterocycles. The van der Waals surface area contributed by atoms with Gasteiger partial charge in [-0.1, -0.05) is 5.18 Å². The number of hydrogen-bond donors (Lipinski definition) is 0. The monoisotopic (exact) mass is 117 g/mol. The van der Waals surface area contributed by atoms with Gasteiger partial charge >= 0.3 is 0 Å². The van der Waals surface area contributed by atoms with Crippen molar-refractivity contribution in [3.8, 4) is 0 Å². The van der Waals surface area contributed by atoms with Gasteiger partial charge in [-0.3, -0.25) is 0 Å². The van der Waals surface area contributed by atoms with Crippen molar-refractivity contribution < 1.29 is 4.74 Å². The normalized spacial score (nSPS) is 13.2. The lowest BCUT2D eigenvalue weighted by atomic mass is 10.3. The molecule has 0 aromatic rings. The van der Waals surface area contributed by atoms with Crippen LogP contribution in [0.2, 0.25) is 0 Å². The third-order valence-corrected chi connectivity index (χ3v) is 0.920. The Morgan fingerprint density at radius 1 is 1.75 bits per heavy atom. The van der Waals surface area contributed by atoms with Gasteiger partial charge in [-0.15, -0.1) is 0 Å². The molecule has 0 aliphatic rings. The summed E-state index contributed by atoms with van der Waals surface area (Å²) in [5.74, 6) is 0. The first kappa shape index (κ1) is 7.56. The lowest BCUT2D eigenvalue weighted by Gasteiger charge is -1.97. The zero-order chi connectivity index (χ0) is 6.41. The van der Waals surface area contributed by atoms with E-state index in [0.717, 1.165) is 6.42 Å². The van der Waals surface area contributed by atoms with E-state index in [9.17, 15) is 4.91 Å². The van der Waals surface area contributed by atoms with Crippen LogP contribution in [0.4, 0.5) is 0 Å². The highest BCUT2D eigenvalue weighted by Crippen LogP contribution is 1.93. The lowest BCUT2D eigenvalue weighted by molar-refractivity contribution is 0.189. The van der Waals surface area contributed by atoms with Gasteiger partial charge in [-0.05, 0) is 13.3 Å². The molecule has 48 valence electrons. The molecule has 0 aromatic heterocycles. The van der Waals surface area contributed by atoms with E-state index in [1.54, 1.807) is 14.0 Å². The van der Waals surface area contributed by atoms with Crippen molar-refractivity contribution in [2.24, 2.45) is 5.18 Å². The first-order valence-corrected chi connectivity index (χ1v) is 2.62. The number of nitrogens with zero attached hydrogens (tertiary/aromatic N) is 1. The predicted octanol–water partition coefficient (Wildman–Crippen LogP) is 1.18. The molecule has 0 saturated heterocycles. The third kappa shape index (κ3) is 3.74. The van der Waals surface area contributed by atoms with Gasteiger partial charge in [0.1, 0.15) is 0 Å². The van der Waals surface area contributed by atoms with Gasteiger partial charge in [-0.2, -0.15) is 4.91 Å². The van der Waals surface area contributed by atoms with Crippen LogP contribution in [0.25, 0.3) is 0 Å². The molecule has 0 amide bonds. The van der Waals surface area contributed by atoms with Gasteiger partial charge < -0.3 is 4.74 Å². The van der Waals surface area contributed by atoms with Crippen LogP contribution in [0.1, 0.15) is 13.3 Å². The highest BCUT2D eigenvalue weighted by molar-refractivity contribution is 4.55. The Balaban J connectivity index is 2.98. The van der Waals surface area contributed by atoms with Gasteiger partial charge in [0.2, 0.25) is 0 Å². The Morgan fingerprint density at radius 3 is 2.75 bits per heavy atom. The smallest absolute Gasteiger partial charge is 0.0913 e. The van der Waals surface area contributed by atoms with Crippen molar-refractivity contribution in [2.75, 3.05) is 13.7 Å². The molecule has 8 heavy (non-hydrogen) atoms. The summed E-state index contributed by atoms with van der Waals surface area (Å²) in [4.78, 5) is 9.71. The van der Waals surface area contributed by atoms with Gasteiger partial charge in [0.25, 0.3) is 0 Å². The minimum Gasteiger partial charge on any atom is -0.385 e. The molecule has 0 rings (SSSR count). The maximum Gasteiger partial charge on any atom is 0.0913 e. The lowest BCUT2D eigenvalue weighted by Crippen LogP contribution is -2.00. The Morgan fingerprint density at radius 2 is 2.38 bits per heavy atom. The Hall–Kier alpha value is -0.440. The Kier molecular flexibility index (Phi) is 4.45. The molecule has 3 heteroatoms. The third-order valence-electron chi connectivity index (χ3n) is 0.920. The summed E-state index contributed by atoms with van der Waals surface area (Å²) in [5, 5.41) is 2.80. The number of ether oxygens (including phenoxy) is 1. The second kappa shape index (κ2) is 4.71. The number of nitroso groups, excluding NO2 is 1. The topological polar surface area (TPSA) is 38.7 Å². The summed E-state index contributed by atoms with van der Waals surface area (Å²) < 4.78 is 4.72. The SMILES string of the molecule is COCCC(C)N=O. The molecule has 1 atom stereocenters. The van der Waals surface area contributed by atoms with Crippen molar-refractivity contribution in [2.45, 2.75) is 19.4 Å². The van der Waals surface area contributed by atoms with Crippen LogP contribution >= 0.6 is 0 Å². The van der Waals surface area contributed by atoms with Crippen LogP contribution in [0, 0.1) is 4.91 Å². The van der Waals surface area contributed by atoms with Gasteiger partial charge in [-0.25, -0.2) is 0 Å². The van der Waals surface area contributed by atoms with Gasteiger partial charge in [0.15, 0.2) is 0 Å². The predicted molar refractivity (Wildman–Crippen MR) is 31.7 cm³/mol. The quantitative estimate of drug-likeness (QED) is 0.518. The zero-order valence-corrected chi connectivity index (χ0v) is 5.26. The van der Waals surface area contributed by atoms with Crippen LogP contribution in [0.3, 0.4) is 0 Å². The summed E-state index contributed by atoms with van der Waals surface area (Å²) in [5.41, 5.74) is 0. The molecule has 0 N–H and O–H groups in total. The van der Waals surface area contributed by atoms with E-state index in [1.807, 2.05) is 0 Å². The van der Waals surface area contributed by atoms with Crippen LogP contribution in [-0.2, 0) is 4.74 Å². The van der Waals surface area contributed by atoms with Crippen molar-refractivity contribution in [3.63, 3.8) is 0 Å². The van der Waals surface area contributed by atoms with E-state index in [-0.39, 0.29) is 6.04 Å². The average Bonchev–Trinajstić information content (AvgIpc) is 1.83. The molecule has 0 aromatic carbocycles. The molecular formula is C5H11NO2. The standard InChI is InChI=1S/C5H11NO2/c1-5(6-7)3-4-8-2/h5H,3-4H2,1-2H3. The van der Waals surface area contributed by atoms with E-state index < -0.39 is 0 Å². The number of hydrogen-bond acceptors (Lipinski definition) is 3. The first-order chi connectivity index (χ1) is 3.81. The van der Waals surface area contributed by atoms with Gasteiger partial charge in [0.05, 0.1) is 6.04 Å². The van der Waals surface area contributed by atoms with Gasteiger partial charge in [0, 0.05) is 13.7 Å². The second-order valence-corrected chi connectivity index (χ2v) is 1.74. The van der Waals surface area contributed by atoms with E-state index >= 15 is 0 Å². The van der Waals surface area contributed by atoms with Crippen LogP contribution in [0.5, 0.6) is 0 Å². The van der Waals surface area contributed by atoms with Crippen molar-refractivity contribution in [1.82, 2.24) is 0 Å². The van der Waals surface area contributed by atoms with E-state index in [2.05, 4.69) is 5.18 Å². The highest BCUT2D eigenvalue weighted by atomic mass is 16.5. The molecule has 0 heterocycles. The number of rotatable bonds is 4.